The maximum atomic E-state index is 13.3. The number of thiazole rings is 1. The quantitative estimate of drug-likeness (QED) is 0.744. The van der Waals surface area contributed by atoms with E-state index in [0.717, 1.165) is 17.7 Å². The van der Waals surface area contributed by atoms with Crippen LogP contribution in [0.3, 0.4) is 0 Å². The van der Waals surface area contributed by atoms with E-state index < -0.39 is 17.6 Å². The van der Waals surface area contributed by atoms with E-state index in [1.165, 1.54) is 17.4 Å². The summed E-state index contributed by atoms with van der Waals surface area (Å²) in [5, 5.41) is 8.63. The summed E-state index contributed by atoms with van der Waals surface area (Å²) in [7, 11) is 0. The van der Waals surface area contributed by atoms with E-state index in [1.807, 2.05) is 0 Å². The monoisotopic (exact) mass is 363 g/mol. The first-order chi connectivity index (χ1) is 11.9. The fourth-order valence-corrected chi connectivity index (χ4v) is 3.29. The van der Waals surface area contributed by atoms with Gasteiger partial charge in [-0.15, -0.1) is 11.3 Å². The van der Waals surface area contributed by atoms with E-state index in [1.54, 1.807) is 26.2 Å². The summed E-state index contributed by atoms with van der Waals surface area (Å²) in [5.74, 6) is -1.96. The number of hydrogen-bond donors (Lipinski definition) is 1. The van der Waals surface area contributed by atoms with Crippen LogP contribution in [0.15, 0.2) is 28.1 Å². The third-order valence-corrected chi connectivity index (χ3v) is 4.62. The molecule has 0 saturated carbocycles. The zero-order chi connectivity index (χ0) is 18.1. The van der Waals surface area contributed by atoms with Crippen molar-refractivity contribution in [3.05, 3.63) is 52.2 Å². The number of nitrogens with one attached hydrogen (secondary N) is 1. The molecule has 1 aromatic carbocycles. The van der Waals surface area contributed by atoms with Gasteiger partial charge in [0, 0.05) is 16.5 Å². The van der Waals surface area contributed by atoms with Gasteiger partial charge in [0.1, 0.15) is 5.76 Å². The van der Waals surface area contributed by atoms with E-state index in [0.29, 0.717) is 27.8 Å². The van der Waals surface area contributed by atoms with Crippen LogP contribution in [-0.2, 0) is 4.79 Å². The van der Waals surface area contributed by atoms with Crippen LogP contribution >= 0.6 is 11.3 Å². The fourth-order valence-electron chi connectivity index (χ4n) is 2.57. The Hall–Kier alpha value is -2.61. The second-order valence-corrected chi connectivity index (χ2v) is 6.47. The van der Waals surface area contributed by atoms with Crippen molar-refractivity contribution in [1.29, 1.82) is 0 Å². The Morgan fingerprint density at radius 2 is 2.04 bits per heavy atom. The number of rotatable bonds is 4. The predicted molar refractivity (Wildman–Crippen MR) is 90.5 cm³/mol. The summed E-state index contributed by atoms with van der Waals surface area (Å²) in [4.78, 5) is 16.7. The summed E-state index contributed by atoms with van der Waals surface area (Å²) in [6, 6.07) is 3.55. The van der Waals surface area contributed by atoms with Gasteiger partial charge in [-0.25, -0.2) is 13.8 Å². The molecule has 1 N–H and O–H groups in total. The molecule has 0 spiro atoms. The molecule has 0 aliphatic carbocycles. The molecule has 3 rings (SSSR count). The minimum atomic E-state index is -0.942. The van der Waals surface area contributed by atoms with Crippen molar-refractivity contribution in [2.45, 2.75) is 26.7 Å². The molecular weight excluding hydrogens is 348 g/mol. The number of aromatic nitrogens is 2. The highest BCUT2D eigenvalue weighted by atomic mass is 32.1. The van der Waals surface area contributed by atoms with Crippen molar-refractivity contribution in [2.24, 2.45) is 0 Å². The Morgan fingerprint density at radius 1 is 1.28 bits per heavy atom. The van der Waals surface area contributed by atoms with Crippen molar-refractivity contribution in [2.75, 3.05) is 5.32 Å². The van der Waals surface area contributed by atoms with Gasteiger partial charge in [0.25, 0.3) is 0 Å². The zero-order valence-corrected chi connectivity index (χ0v) is 14.6. The van der Waals surface area contributed by atoms with Crippen LogP contribution in [0.4, 0.5) is 13.9 Å². The molecular formula is C17H15F2N3O2S. The van der Waals surface area contributed by atoms with Gasteiger partial charge in [-0.05, 0) is 39.0 Å². The van der Waals surface area contributed by atoms with E-state index in [2.05, 4.69) is 15.5 Å². The molecule has 0 saturated heterocycles. The minimum Gasteiger partial charge on any atom is -0.361 e. The molecule has 1 unspecified atom stereocenters. The first-order valence-corrected chi connectivity index (χ1v) is 8.39. The highest BCUT2D eigenvalue weighted by molar-refractivity contribution is 7.14. The Morgan fingerprint density at radius 3 is 2.68 bits per heavy atom. The largest absolute Gasteiger partial charge is 0.361 e. The topological polar surface area (TPSA) is 68.0 Å². The second kappa shape index (κ2) is 6.72. The molecule has 1 amide bonds. The van der Waals surface area contributed by atoms with Gasteiger partial charge < -0.3 is 9.84 Å². The number of amides is 1. The first kappa shape index (κ1) is 17.2. The number of aryl methyl sites for hydroxylation is 2. The Bertz CT molecular complexity index is 916. The van der Waals surface area contributed by atoms with E-state index in [-0.39, 0.29) is 5.91 Å². The summed E-state index contributed by atoms with van der Waals surface area (Å²) in [5.41, 5.74) is 2.32. The van der Waals surface area contributed by atoms with Crippen molar-refractivity contribution < 1.29 is 18.1 Å². The first-order valence-electron chi connectivity index (χ1n) is 7.51. The molecule has 5 nitrogen and oxygen atoms in total. The van der Waals surface area contributed by atoms with E-state index >= 15 is 0 Å². The molecule has 130 valence electrons. The summed E-state index contributed by atoms with van der Waals surface area (Å²) in [6.45, 7) is 5.29. The van der Waals surface area contributed by atoms with Crippen molar-refractivity contribution in [3.8, 4) is 11.3 Å². The summed E-state index contributed by atoms with van der Waals surface area (Å²) in [6.07, 6.45) is 0. The number of anilines is 1. The van der Waals surface area contributed by atoms with Crippen molar-refractivity contribution >= 4 is 22.4 Å². The van der Waals surface area contributed by atoms with Crippen LogP contribution in [0.1, 0.15) is 29.9 Å². The molecule has 3 aromatic rings. The smallest absolute Gasteiger partial charge is 0.233 e. The second-order valence-electron chi connectivity index (χ2n) is 5.62. The van der Waals surface area contributed by atoms with E-state index in [9.17, 15) is 13.6 Å². The van der Waals surface area contributed by atoms with Crippen molar-refractivity contribution in [3.63, 3.8) is 0 Å². The van der Waals surface area contributed by atoms with Crippen LogP contribution < -0.4 is 5.32 Å². The third-order valence-electron chi connectivity index (χ3n) is 3.86. The van der Waals surface area contributed by atoms with Gasteiger partial charge in [-0.1, -0.05) is 5.16 Å². The average Bonchev–Trinajstić information content (AvgIpc) is 3.16. The highest BCUT2D eigenvalue weighted by Crippen LogP contribution is 2.28. The van der Waals surface area contributed by atoms with Crippen LogP contribution in [0.2, 0.25) is 0 Å². The molecule has 0 fully saturated rings. The maximum absolute atomic E-state index is 13.3. The lowest BCUT2D eigenvalue weighted by Crippen LogP contribution is -2.19. The predicted octanol–water partition coefficient (Wildman–Crippen LogP) is 4.44. The number of hydrogen-bond acceptors (Lipinski definition) is 5. The summed E-state index contributed by atoms with van der Waals surface area (Å²) >= 11 is 1.21. The minimum absolute atomic E-state index is 0.249. The molecule has 0 bridgehead atoms. The molecule has 0 aliphatic heterocycles. The number of benzene rings is 1. The molecule has 0 aliphatic rings. The number of carbonyl (C=O) groups is 1. The van der Waals surface area contributed by atoms with Gasteiger partial charge in [-0.3, -0.25) is 4.79 Å². The normalized spacial score (nSPS) is 12.2. The Kier molecular flexibility index (Phi) is 4.63. The number of halogens is 2. The van der Waals surface area contributed by atoms with Crippen LogP contribution in [-0.4, -0.2) is 16.0 Å². The van der Waals surface area contributed by atoms with Gasteiger partial charge in [0.15, 0.2) is 16.8 Å². The van der Waals surface area contributed by atoms with Gasteiger partial charge >= 0.3 is 0 Å². The highest BCUT2D eigenvalue weighted by Gasteiger charge is 2.23. The third kappa shape index (κ3) is 3.43. The standard InChI is InChI=1S/C17H15F2N3O2S/c1-8(15-9(2)22-24-10(15)3)16(23)21-17-20-14(7-25-17)11-4-5-12(18)13(19)6-11/h4-8H,1-3H3,(H,20,21,23). The lowest BCUT2D eigenvalue weighted by Gasteiger charge is -2.10. The molecule has 2 heterocycles. The SMILES string of the molecule is Cc1noc(C)c1C(C)C(=O)Nc1nc(-c2ccc(F)c(F)c2)cs1. The molecule has 1 atom stereocenters. The Labute approximate surface area is 146 Å². The van der Waals surface area contributed by atoms with Crippen molar-refractivity contribution in [1.82, 2.24) is 10.1 Å². The number of carbonyl (C=O) groups excluding carboxylic acids is 1. The molecule has 25 heavy (non-hydrogen) atoms. The van der Waals surface area contributed by atoms with Crippen LogP contribution in [0, 0.1) is 25.5 Å². The maximum Gasteiger partial charge on any atom is 0.233 e. The van der Waals surface area contributed by atoms with Gasteiger partial charge in [0.05, 0.1) is 17.3 Å². The van der Waals surface area contributed by atoms with Gasteiger partial charge in [0.2, 0.25) is 5.91 Å². The number of nitrogens with zero attached hydrogens (tertiary/aromatic N) is 2. The van der Waals surface area contributed by atoms with Crippen LogP contribution in [0.5, 0.6) is 0 Å². The van der Waals surface area contributed by atoms with Gasteiger partial charge in [-0.2, -0.15) is 0 Å². The zero-order valence-electron chi connectivity index (χ0n) is 13.8. The summed E-state index contributed by atoms with van der Waals surface area (Å²) < 4.78 is 31.4. The fraction of sp³-hybridized carbons (Fsp3) is 0.235. The lowest BCUT2D eigenvalue weighted by atomic mass is 9.99. The molecule has 8 heteroatoms. The average molecular weight is 363 g/mol. The van der Waals surface area contributed by atoms with Crippen LogP contribution in [0.25, 0.3) is 11.3 Å². The molecule has 2 aromatic heterocycles. The van der Waals surface area contributed by atoms with E-state index in [4.69, 9.17) is 4.52 Å². The molecule has 0 radical (unpaired) electrons. The Balaban J connectivity index is 1.77. The lowest BCUT2D eigenvalue weighted by molar-refractivity contribution is -0.117.